The molecule has 2 nitrogen and oxygen atoms in total. The highest BCUT2D eigenvalue weighted by Crippen LogP contribution is 2.17. The van der Waals surface area contributed by atoms with E-state index in [2.05, 4.69) is 18.9 Å². The van der Waals surface area contributed by atoms with Gasteiger partial charge in [0.1, 0.15) is 0 Å². The molecule has 0 aromatic carbocycles. The third-order valence-corrected chi connectivity index (χ3v) is 2.30. The van der Waals surface area contributed by atoms with Gasteiger partial charge in [-0.15, -0.1) is 0 Å². The van der Waals surface area contributed by atoms with Gasteiger partial charge in [-0.25, -0.2) is 0 Å². The second-order valence-corrected chi connectivity index (χ2v) is 2.78. The van der Waals surface area contributed by atoms with Gasteiger partial charge >= 0.3 is 0 Å². The SMILES string of the molecule is CO[C@@H]1CCN(C)[C@H]1C. The maximum atomic E-state index is 5.25. The van der Waals surface area contributed by atoms with E-state index in [1.165, 1.54) is 13.0 Å². The molecule has 9 heavy (non-hydrogen) atoms. The Morgan fingerprint density at radius 1 is 1.56 bits per heavy atom. The van der Waals surface area contributed by atoms with E-state index in [1.807, 2.05) is 0 Å². The summed E-state index contributed by atoms with van der Waals surface area (Å²) in [6.45, 7) is 3.39. The number of nitrogens with zero attached hydrogens (tertiary/aromatic N) is 1. The molecule has 0 saturated carbocycles. The Kier molecular flexibility index (Phi) is 2.09. The van der Waals surface area contributed by atoms with Gasteiger partial charge in [-0.3, -0.25) is 0 Å². The van der Waals surface area contributed by atoms with Crippen LogP contribution in [0.5, 0.6) is 0 Å². The summed E-state index contributed by atoms with van der Waals surface area (Å²) >= 11 is 0. The molecule has 1 heterocycles. The van der Waals surface area contributed by atoms with Crippen LogP contribution < -0.4 is 0 Å². The Labute approximate surface area is 56.8 Å². The van der Waals surface area contributed by atoms with Crippen LogP contribution in [-0.4, -0.2) is 37.7 Å². The summed E-state index contributed by atoms with van der Waals surface area (Å²) in [5.74, 6) is 0. The summed E-state index contributed by atoms with van der Waals surface area (Å²) in [5.41, 5.74) is 0. The van der Waals surface area contributed by atoms with Gasteiger partial charge in [0.15, 0.2) is 0 Å². The van der Waals surface area contributed by atoms with E-state index in [9.17, 15) is 0 Å². The number of hydrogen-bond acceptors (Lipinski definition) is 2. The lowest BCUT2D eigenvalue weighted by molar-refractivity contribution is 0.0788. The van der Waals surface area contributed by atoms with Crippen LogP contribution in [0, 0.1) is 0 Å². The topological polar surface area (TPSA) is 12.5 Å². The largest absolute Gasteiger partial charge is 0.380 e. The second-order valence-electron chi connectivity index (χ2n) is 2.78. The fourth-order valence-corrected chi connectivity index (χ4v) is 1.37. The van der Waals surface area contributed by atoms with Crippen molar-refractivity contribution in [1.29, 1.82) is 0 Å². The van der Waals surface area contributed by atoms with Gasteiger partial charge in [-0.05, 0) is 20.4 Å². The molecule has 0 aliphatic carbocycles. The summed E-state index contributed by atoms with van der Waals surface area (Å²) in [7, 11) is 3.93. The standard InChI is InChI=1S/C7H15NO/c1-6-7(9-3)4-5-8(6)2/h6-7H,4-5H2,1-3H3/t6-,7+/m0/s1. The maximum absolute atomic E-state index is 5.25. The molecule has 2 atom stereocenters. The van der Waals surface area contributed by atoms with Crippen molar-refractivity contribution in [3.8, 4) is 0 Å². The summed E-state index contributed by atoms with van der Waals surface area (Å²) < 4.78 is 5.25. The van der Waals surface area contributed by atoms with Crippen molar-refractivity contribution < 1.29 is 4.74 Å². The van der Waals surface area contributed by atoms with Crippen molar-refractivity contribution in [2.24, 2.45) is 0 Å². The van der Waals surface area contributed by atoms with Crippen LogP contribution in [0.25, 0.3) is 0 Å². The Morgan fingerprint density at radius 2 is 2.22 bits per heavy atom. The zero-order valence-electron chi connectivity index (χ0n) is 6.42. The van der Waals surface area contributed by atoms with Crippen LogP contribution >= 0.6 is 0 Å². The summed E-state index contributed by atoms with van der Waals surface area (Å²) in [4.78, 5) is 2.33. The summed E-state index contributed by atoms with van der Waals surface area (Å²) in [6, 6.07) is 0.606. The monoisotopic (exact) mass is 129 g/mol. The number of rotatable bonds is 1. The molecule has 2 heteroatoms. The minimum atomic E-state index is 0.468. The smallest absolute Gasteiger partial charge is 0.0735 e. The van der Waals surface area contributed by atoms with Gasteiger partial charge in [0.2, 0.25) is 0 Å². The molecule has 0 spiro atoms. The van der Waals surface area contributed by atoms with Crippen molar-refractivity contribution in [1.82, 2.24) is 4.90 Å². The Hall–Kier alpha value is -0.0800. The minimum Gasteiger partial charge on any atom is -0.380 e. The van der Waals surface area contributed by atoms with E-state index in [0.717, 1.165) is 0 Å². The number of hydrogen-bond donors (Lipinski definition) is 0. The summed E-state index contributed by atoms with van der Waals surface area (Å²) in [5, 5.41) is 0. The molecule has 0 amide bonds. The molecule has 1 aliphatic rings. The van der Waals surface area contributed by atoms with Crippen molar-refractivity contribution in [3.05, 3.63) is 0 Å². The van der Waals surface area contributed by atoms with Crippen LogP contribution in [0.3, 0.4) is 0 Å². The maximum Gasteiger partial charge on any atom is 0.0735 e. The van der Waals surface area contributed by atoms with E-state index in [1.54, 1.807) is 7.11 Å². The Balaban J connectivity index is 2.41. The first-order valence-electron chi connectivity index (χ1n) is 3.48. The van der Waals surface area contributed by atoms with E-state index in [4.69, 9.17) is 4.74 Å². The lowest BCUT2D eigenvalue weighted by Gasteiger charge is -2.18. The molecule has 1 saturated heterocycles. The number of ether oxygens (including phenoxy) is 1. The lowest BCUT2D eigenvalue weighted by Crippen LogP contribution is -2.29. The lowest BCUT2D eigenvalue weighted by atomic mass is 10.2. The van der Waals surface area contributed by atoms with Gasteiger partial charge in [0, 0.05) is 19.7 Å². The van der Waals surface area contributed by atoms with Crippen molar-refractivity contribution in [2.75, 3.05) is 20.7 Å². The molecule has 0 aromatic rings. The highest BCUT2D eigenvalue weighted by atomic mass is 16.5. The number of likely N-dealkylation sites (tertiary alicyclic amines) is 1. The van der Waals surface area contributed by atoms with Crippen LogP contribution in [0.15, 0.2) is 0 Å². The molecule has 1 rings (SSSR count). The zero-order chi connectivity index (χ0) is 6.85. The van der Waals surface area contributed by atoms with Gasteiger partial charge < -0.3 is 9.64 Å². The molecule has 0 unspecified atom stereocenters. The van der Waals surface area contributed by atoms with Crippen molar-refractivity contribution >= 4 is 0 Å². The summed E-state index contributed by atoms with van der Waals surface area (Å²) in [6.07, 6.45) is 1.66. The fraction of sp³-hybridized carbons (Fsp3) is 1.00. The third kappa shape index (κ3) is 1.25. The quantitative estimate of drug-likeness (QED) is 0.517. The van der Waals surface area contributed by atoms with Gasteiger partial charge in [-0.2, -0.15) is 0 Å². The van der Waals surface area contributed by atoms with Crippen molar-refractivity contribution in [2.45, 2.75) is 25.5 Å². The zero-order valence-corrected chi connectivity index (χ0v) is 6.42. The minimum absolute atomic E-state index is 0.468. The molecule has 1 fully saturated rings. The molecule has 0 bridgehead atoms. The van der Waals surface area contributed by atoms with Crippen LogP contribution in [0.2, 0.25) is 0 Å². The van der Waals surface area contributed by atoms with E-state index in [0.29, 0.717) is 12.1 Å². The molecule has 0 N–H and O–H groups in total. The molecule has 0 aromatic heterocycles. The molecule has 0 radical (unpaired) electrons. The predicted molar refractivity (Wildman–Crippen MR) is 37.5 cm³/mol. The average molecular weight is 129 g/mol. The van der Waals surface area contributed by atoms with E-state index in [-0.39, 0.29) is 0 Å². The van der Waals surface area contributed by atoms with Crippen LogP contribution in [0.4, 0.5) is 0 Å². The molecular formula is C7H15NO. The number of methoxy groups -OCH3 is 1. The molecule has 1 aliphatic heterocycles. The van der Waals surface area contributed by atoms with Gasteiger partial charge in [-0.1, -0.05) is 0 Å². The Bertz CT molecular complexity index is 94.9. The highest BCUT2D eigenvalue weighted by Gasteiger charge is 2.27. The van der Waals surface area contributed by atoms with Crippen LogP contribution in [0.1, 0.15) is 13.3 Å². The average Bonchev–Trinajstić information content (AvgIpc) is 2.15. The normalized spacial score (nSPS) is 37.7. The first kappa shape index (κ1) is 7.03. The number of likely N-dealkylation sites (N-methyl/N-ethyl adjacent to an activating group) is 1. The highest BCUT2D eigenvalue weighted by molar-refractivity contribution is 4.81. The van der Waals surface area contributed by atoms with Gasteiger partial charge in [0.25, 0.3) is 0 Å². The molecular weight excluding hydrogens is 114 g/mol. The first-order valence-corrected chi connectivity index (χ1v) is 3.48. The fourth-order valence-electron chi connectivity index (χ4n) is 1.37. The van der Waals surface area contributed by atoms with Gasteiger partial charge in [0.05, 0.1) is 6.10 Å². The predicted octanol–water partition coefficient (Wildman–Crippen LogP) is 0.725. The van der Waals surface area contributed by atoms with E-state index < -0.39 is 0 Å². The van der Waals surface area contributed by atoms with Crippen molar-refractivity contribution in [3.63, 3.8) is 0 Å². The molecule has 54 valence electrons. The van der Waals surface area contributed by atoms with Crippen LogP contribution in [-0.2, 0) is 4.74 Å². The Morgan fingerprint density at radius 3 is 2.44 bits per heavy atom. The first-order chi connectivity index (χ1) is 4.25. The second kappa shape index (κ2) is 2.67. The van der Waals surface area contributed by atoms with E-state index >= 15 is 0 Å². The third-order valence-electron chi connectivity index (χ3n) is 2.30.